The van der Waals surface area contributed by atoms with E-state index in [2.05, 4.69) is 21.4 Å². The van der Waals surface area contributed by atoms with Gasteiger partial charge in [-0.15, -0.1) is 0 Å². The number of rotatable bonds is 4. The minimum absolute atomic E-state index is 0.0337. The Labute approximate surface area is 150 Å². The molecule has 6 N–H and O–H groups in total. The standard InChI is InChI=1S/C18H22N6O2/c19-18(20)21-7-3-6-13-17(26)24-9-14-11(8-15(24)16(25)23-13)10-4-1-2-5-12(10)22-14/h1-2,4-5,13,15,22H,3,6-9H2,(H,23,25)(H4,19,20,21)/t13-,15-/m0/s1. The molecule has 2 atom stereocenters. The number of nitrogens with zero attached hydrogens (tertiary/aromatic N) is 2. The molecule has 8 heteroatoms. The second-order valence-corrected chi connectivity index (χ2v) is 6.82. The van der Waals surface area contributed by atoms with Crippen LogP contribution in [0.5, 0.6) is 0 Å². The largest absolute Gasteiger partial charge is 0.370 e. The first-order valence-corrected chi connectivity index (χ1v) is 8.79. The van der Waals surface area contributed by atoms with Gasteiger partial charge in [0.15, 0.2) is 5.96 Å². The van der Waals surface area contributed by atoms with Gasteiger partial charge in [-0.1, -0.05) is 18.2 Å². The predicted octanol–water partition coefficient (Wildman–Crippen LogP) is -0.0268. The summed E-state index contributed by atoms with van der Waals surface area (Å²) in [6.45, 7) is 0.878. The van der Waals surface area contributed by atoms with Crippen LogP contribution in [0.2, 0.25) is 0 Å². The molecule has 8 nitrogen and oxygen atoms in total. The molecule has 1 saturated heterocycles. The Kier molecular flexibility index (Phi) is 4.02. The summed E-state index contributed by atoms with van der Waals surface area (Å²) < 4.78 is 0. The molecule has 0 aliphatic carbocycles. The molecular weight excluding hydrogens is 332 g/mol. The van der Waals surface area contributed by atoms with Gasteiger partial charge in [-0.05, 0) is 24.5 Å². The minimum atomic E-state index is -0.515. The zero-order valence-electron chi connectivity index (χ0n) is 14.4. The summed E-state index contributed by atoms with van der Waals surface area (Å²) in [5.74, 6) is -0.0950. The fourth-order valence-electron chi connectivity index (χ4n) is 3.90. The second-order valence-electron chi connectivity index (χ2n) is 6.82. The number of nitrogens with one attached hydrogen (secondary N) is 2. The number of carbonyl (C=O) groups is 2. The van der Waals surface area contributed by atoms with Gasteiger partial charge < -0.3 is 26.7 Å². The Morgan fingerprint density at radius 2 is 2.08 bits per heavy atom. The van der Waals surface area contributed by atoms with Crippen LogP contribution in [0.1, 0.15) is 24.1 Å². The topological polar surface area (TPSA) is 130 Å². The summed E-state index contributed by atoms with van der Waals surface area (Å²) in [5, 5.41) is 4.00. The van der Waals surface area contributed by atoms with Crippen molar-refractivity contribution in [1.82, 2.24) is 15.2 Å². The second kappa shape index (κ2) is 6.36. The third-order valence-electron chi connectivity index (χ3n) is 5.15. The van der Waals surface area contributed by atoms with Crippen LogP contribution >= 0.6 is 0 Å². The van der Waals surface area contributed by atoms with Crippen LogP contribution in [0.15, 0.2) is 29.3 Å². The van der Waals surface area contributed by atoms with E-state index in [1.807, 2.05) is 18.2 Å². The highest BCUT2D eigenvalue weighted by Gasteiger charge is 2.43. The van der Waals surface area contributed by atoms with Gasteiger partial charge in [-0.25, -0.2) is 0 Å². The van der Waals surface area contributed by atoms with Crippen molar-refractivity contribution in [2.24, 2.45) is 16.5 Å². The summed E-state index contributed by atoms with van der Waals surface area (Å²) in [6.07, 6.45) is 1.69. The Bertz CT molecular complexity index is 898. The first-order chi connectivity index (χ1) is 12.5. The summed E-state index contributed by atoms with van der Waals surface area (Å²) in [4.78, 5) is 34.5. The van der Waals surface area contributed by atoms with E-state index >= 15 is 0 Å². The number of amides is 2. The van der Waals surface area contributed by atoms with Crippen LogP contribution in [0.3, 0.4) is 0 Å². The molecule has 0 spiro atoms. The molecule has 1 aromatic heterocycles. The zero-order chi connectivity index (χ0) is 18.3. The third-order valence-corrected chi connectivity index (χ3v) is 5.15. The SMILES string of the molecule is NC(N)=NCCC[C@@H]1NC(=O)[C@@H]2Cc3c([nH]c4ccccc34)CN2C1=O. The third kappa shape index (κ3) is 2.77. The van der Waals surface area contributed by atoms with Crippen molar-refractivity contribution in [3.05, 3.63) is 35.5 Å². The van der Waals surface area contributed by atoms with Gasteiger partial charge in [0, 0.05) is 29.6 Å². The number of guanidine groups is 1. The van der Waals surface area contributed by atoms with E-state index in [-0.39, 0.29) is 17.8 Å². The maximum Gasteiger partial charge on any atom is 0.246 e. The van der Waals surface area contributed by atoms with Crippen molar-refractivity contribution in [3.8, 4) is 0 Å². The molecule has 26 heavy (non-hydrogen) atoms. The van der Waals surface area contributed by atoms with Crippen LogP contribution in [0.25, 0.3) is 10.9 Å². The first-order valence-electron chi connectivity index (χ1n) is 8.79. The molecule has 2 aromatic rings. The lowest BCUT2D eigenvalue weighted by Crippen LogP contribution is -2.64. The van der Waals surface area contributed by atoms with Gasteiger partial charge in [0.2, 0.25) is 11.8 Å². The Morgan fingerprint density at radius 3 is 2.88 bits per heavy atom. The lowest BCUT2D eigenvalue weighted by molar-refractivity contribution is -0.150. The number of carbonyl (C=O) groups excluding carboxylic acids is 2. The molecule has 2 aliphatic rings. The normalized spacial score (nSPS) is 21.9. The van der Waals surface area contributed by atoms with Crippen molar-refractivity contribution in [2.45, 2.75) is 37.9 Å². The quantitative estimate of drug-likeness (QED) is 0.349. The molecule has 2 aliphatic heterocycles. The molecule has 2 amide bonds. The molecule has 0 radical (unpaired) electrons. The van der Waals surface area contributed by atoms with Gasteiger partial charge in [0.25, 0.3) is 0 Å². The van der Waals surface area contributed by atoms with Crippen molar-refractivity contribution in [1.29, 1.82) is 0 Å². The van der Waals surface area contributed by atoms with Gasteiger partial charge in [0.1, 0.15) is 12.1 Å². The van der Waals surface area contributed by atoms with E-state index in [1.54, 1.807) is 4.90 Å². The van der Waals surface area contributed by atoms with E-state index in [0.29, 0.717) is 32.4 Å². The van der Waals surface area contributed by atoms with E-state index < -0.39 is 12.1 Å². The molecule has 3 heterocycles. The lowest BCUT2D eigenvalue weighted by atomic mass is 9.92. The maximum atomic E-state index is 12.9. The monoisotopic (exact) mass is 354 g/mol. The van der Waals surface area contributed by atoms with E-state index in [9.17, 15) is 9.59 Å². The van der Waals surface area contributed by atoms with Crippen LogP contribution in [-0.2, 0) is 22.6 Å². The fourth-order valence-corrected chi connectivity index (χ4v) is 3.90. The zero-order valence-corrected chi connectivity index (χ0v) is 14.4. The van der Waals surface area contributed by atoms with E-state index in [0.717, 1.165) is 22.2 Å². The molecular formula is C18H22N6O2. The molecule has 0 bridgehead atoms. The van der Waals surface area contributed by atoms with Gasteiger partial charge in [0.05, 0.1) is 6.54 Å². The predicted molar refractivity (Wildman–Crippen MR) is 98.2 cm³/mol. The highest BCUT2D eigenvalue weighted by Crippen LogP contribution is 2.32. The number of aliphatic imine (C=N–C) groups is 1. The number of aromatic amines is 1. The number of hydrogen-bond acceptors (Lipinski definition) is 3. The lowest BCUT2D eigenvalue weighted by Gasteiger charge is -2.41. The van der Waals surface area contributed by atoms with E-state index in [4.69, 9.17) is 11.5 Å². The number of nitrogens with two attached hydrogens (primary N) is 2. The Morgan fingerprint density at radius 1 is 1.27 bits per heavy atom. The van der Waals surface area contributed by atoms with Gasteiger partial charge >= 0.3 is 0 Å². The fraction of sp³-hybridized carbons (Fsp3) is 0.389. The molecule has 1 aromatic carbocycles. The smallest absolute Gasteiger partial charge is 0.246 e. The van der Waals surface area contributed by atoms with Crippen LogP contribution in [0.4, 0.5) is 0 Å². The van der Waals surface area contributed by atoms with Crippen LogP contribution < -0.4 is 16.8 Å². The number of aromatic nitrogens is 1. The first kappa shape index (κ1) is 16.4. The number of H-pyrrole nitrogens is 1. The van der Waals surface area contributed by atoms with Crippen molar-refractivity contribution >= 4 is 28.7 Å². The molecule has 0 unspecified atom stereocenters. The molecule has 1 fully saturated rings. The average molecular weight is 354 g/mol. The highest BCUT2D eigenvalue weighted by atomic mass is 16.2. The summed E-state index contributed by atoms with van der Waals surface area (Å²) in [7, 11) is 0. The summed E-state index contributed by atoms with van der Waals surface area (Å²) in [5.41, 5.74) is 13.8. The number of fused-ring (bicyclic) bond motifs is 4. The van der Waals surface area contributed by atoms with Crippen molar-refractivity contribution < 1.29 is 9.59 Å². The highest BCUT2D eigenvalue weighted by molar-refractivity contribution is 5.98. The van der Waals surface area contributed by atoms with Crippen LogP contribution in [-0.4, -0.2) is 46.3 Å². The number of para-hydroxylation sites is 1. The maximum absolute atomic E-state index is 12.9. The number of hydrogen-bond donors (Lipinski definition) is 4. The average Bonchev–Trinajstić information content (AvgIpc) is 2.99. The summed E-state index contributed by atoms with van der Waals surface area (Å²) >= 11 is 0. The molecule has 0 saturated carbocycles. The minimum Gasteiger partial charge on any atom is -0.370 e. The Balaban J connectivity index is 1.54. The number of piperazine rings is 1. The molecule has 4 rings (SSSR count). The van der Waals surface area contributed by atoms with E-state index in [1.165, 1.54) is 0 Å². The number of benzene rings is 1. The molecule has 136 valence electrons. The van der Waals surface area contributed by atoms with Gasteiger partial charge in [-0.2, -0.15) is 0 Å². The van der Waals surface area contributed by atoms with Crippen LogP contribution in [0, 0.1) is 0 Å². The van der Waals surface area contributed by atoms with Gasteiger partial charge in [-0.3, -0.25) is 14.6 Å². The van der Waals surface area contributed by atoms with Crippen molar-refractivity contribution in [3.63, 3.8) is 0 Å². The van der Waals surface area contributed by atoms with Crippen molar-refractivity contribution in [2.75, 3.05) is 6.54 Å². The Hall–Kier alpha value is -3.03. The summed E-state index contributed by atoms with van der Waals surface area (Å²) in [6, 6.07) is 7.07.